The summed E-state index contributed by atoms with van der Waals surface area (Å²) in [5.41, 5.74) is 9.43. The highest BCUT2D eigenvalue weighted by Crippen LogP contribution is 2.27. The second kappa shape index (κ2) is 5.79. The molecular formula is C16H15BrClN3. The van der Waals surface area contributed by atoms with Gasteiger partial charge in [0.25, 0.3) is 0 Å². The Labute approximate surface area is 136 Å². The highest BCUT2D eigenvalue weighted by atomic mass is 79.9. The summed E-state index contributed by atoms with van der Waals surface area (Å²) in [5.74, 6) is 0.975. The molecule has 108 valence electrons. The van der Waals surface area contributed by atoms with E-state index in [0.717, 1.165) is 26.9 Å². The molecule has 1 unspecified atom stereocenters. The van der Waals surface area contributed by atoms with E-state index >= 15 is 0 Å². The van der Waals surface area contributed by atoms with Crippen molar-refractivity contribution in [3.8, 4) is 0 Å². The van der Waals surface area contributed by atoms with E-state index in [4.69, 9.17) is 17.3 Å². The summed E-state index contributed by atoms with van der Waals surface area (Å²) in [6.45, 7) is 0. The zero-order chi connectivity index (χ0) is 15.0. The number of halogens is 2. The lowest BCUT2D eigenvalue weighted by atomic mass is 10.0. The summed E-state index contributed by atoms with van der Waals surface area (Å²) < 4.78 is 2.97. The molecule has 0 aliphatic rings. The van der Waals surface area contributed by atoms with Gasteiger partial charge in [-0.25, -0.2) is 4.98 Å². The van der Waals surface area contributed by atoms with E-state index in [-0.39, 0.29) is 6.04 Å². The van der Waals surface area contributed by atoms with Gasteiger partial charge >= 0.3 is 0 Å². The molecule has 0 amide bonds. The topological polar surface area (TPSA) is 43.8 Å². The maximum atomic E-state index is 6.31. The van der Waals surface area contributed by atoms with Crippen LogP contribution in [0.25, 0.3) is 11.0 Å². The third kappa shape index (κ3) is 2.84. The molecule has 0 radical (unpaired) electrons. The minimum Gasteiger partial charge on any atom is -0.331 e. The van der Waals surface area contributed by atoms with Crippen molar-refractivity contribution in [3.05, 3.63) is 63.3 Å². The van der Waals surface area contributed by atoms with Crippen LogP contribution >= 0.6 is 27.5 Å². The van der Waals surface area contributed by atoms with Gasteiger partial charge < -0.3 is 10.3 Å². The van der Waals surface area contributed by atoms with Gasteiger partial charge in [0.1, 0.15) is 5.82 Å². The van der Waals surface area contributed by atoms with E-state index in [1.807, 2.05) is 43.4 Å². The number of rotatable bonds is 3. The maximum absolute atomic E-state index is 6.31. The first-order valence-corrected chi connectivity index (χ1v) is 7.84. The van der Waals surface area contributed by atoms with Gasteiger partial charge in [0, 0.05) is 24.0 Å². The lowest BCUT2D eigenvalue weighted by Gasteiger charge is -2.13. The van der Waals surface area contributed by atoms with Crippen molar-refractivity contribution in [2.24, 2.45) is 12.8 Å². The highest BCUT2D eigenvalue weighted by Gasteiger charge is 2.14. The number of benzene rings is 2. The average Bonchev–Trinajstić information content (AvgIpc) is 2.79. The first kappa shape index (κ1) is 14.6. The monoisotopic (exact) mass is 363 g/mol. The van der Waals surface area contributed by atoms with Crippen LogP contribution in [0.5, 0.6) is 0 Å². The Bertz CT molecular complexity index is 797. The van der Waals surface area contributed by atoms with Gasteiger partial charge in [-0.1, -0.05) is 29.8 Å². The Balaban J connectivity index is 1.90. The summed E-state index contributed by atoms with van der Waals surface area (Å²) in [6.07, 6.45) is 0.670. The van der Waals surface area contributed by atoms with Crippen LogP contribution in [0, 0.1) is 0 Å². The average molecular weight is 365 g/mol. The number of imidazole rings is 1. The molecule has 2 aromatic carbocycles. The van der Waals surface area contributed by atoms with E-state index in [1.165, 1.54) is 0 Å². The van der Waals surface area contributed by atoms with Gasteiger partial charge in [0.05, 0.1) is 16.1 Å². The molecule has 21 heavy (non-hydrogen) atoms. The fourth-order valence-corrected chi connectivity index (χ4v) is 2.87. The molecule has 1 heterocycles. The highest BCUT2D eigenvalue weighted by molar-refractivity contribution is 9.10. The molecule has 0 spiro atoms. The molecule has 0 saturated carbocycles. The molecule has 0 saturated heterocycles. The summed E-state index contributed by atoms with van der Waals surface area (Å²) in [5, 5.41) is 0.674. The van der Waals surface area contributed by atoms with E-state index in [9.17, 15) is 0 Å². The standard InChI is InChI=1S/C16H15BrClN3/c1-21-15-5-3-2-4-14(15)20-16(21)9-13(19)10-6-7-11(17)12(18)8-10/h2-8,13H,9,19H2,1H3. The van der Waals surface area contributed by atoms with Crippen molar-refractivity contribution in [2.75, 3.05) is 0 Å². The van der Waals surface area contributed by atoms with E-state index in [2.05, 4.69) is 31.5 Å². The summed E-state index contributed by atoms with van der Waals surface area (Å²) in [6, 6.07) is 13.8. The molecule has 5 heteroatoms. The third-order valence-corrected chi connectivity index (χ3v) is 4.89. The number of nitrogens with zero attached hydrogens (tertiary/aromatic N) is 2. The summed E-state index contributed by atoms with van der Waals surface area (Å²) in [4.78, 5) is 4.66. The fraction of sp³-hybridized carbons (Fsp3) is 0.188. The second-order valence-corrected chi connectivity index (χ2v) is 6.32. The lowest BCUT2D eigenvalue weighted by Crippen LogP contribution is -2.15. The predicted octanol–water partition coefficient (Wildman–Crippen LogP) is 4.23. The third-order valence-electron chi connectivity index (χ3n) is 3.65. The van der Waals surface area contributed by atoms with Crippen molar-refractivity contribution < 1.29 is 0 Å². The number of fused-ring (bicyclic) bond motifs is 1. The number of para-hydroxylation sites is 2. The maximum Gasteiger partial charge on any atom is 0.111 e. The van der Waals surface area contributed by atoms with Crippen molar-refractivity contribution in [1.29, 1.82) is 0 Å². The van der Waals surface area contributed by atoms with Gasteiger partial charge in [0.2, 0.25) is 0 Å². The number of aromatic nitrogens is 2. The normalized spacial score (nSPS) is 12.8. The van der Waals surface area contributed by atoms with Crippen LogP contribution in [-0.4, -0.2) is 9.55 Å². The first-order chi connectivity index (χ1) is 10.1. The van der Waals surface area contributed by atoms with Crippen molar-refractivity contribution in [2.45, 2.75) is 12.5 Å². The van der Waals surface area contributed by atoms with E-state index < -0.39 is 0 Å². The minimum absolute atomic E-state index is 0.133. The van der Waals surface area contributed by atoms with Crippen LogP contribution in [-0.2, 0) is 13.5 Å². The van der Waals surface area contributed by atoms with Crippen molar-refractivity contribution in [1.82, 2.24) is 9.55 Å². The van der Waals surface area contributed by atoms with Gasteiger partial charge in [-0.05, 0) is 45.8 Å². The Morgan fingerprint density at radius 1 is 1.29 bits per heavy atom. The summed E-state index contributed by atoms with van der Waals surface area (Å²) in [7, 11) is 2.02. The smallest absolute Gasteiger partial charge is 0.111 e. The predicted molar refractivity (Wildman–Crippen MR) is 90.5 cm³/mol. The Hall–Kier alpha value is -1.36. The minimum atomic E-state index is -0.133. The van der Waals surface area contributed by atoms with Gasteiger partial charge in [0.15, 0.2) is 0 Å². The number of hydrogen-bond donors (Lipinski definition) is 1. The number of aryl methyl sites for hydroxylation is 1. The molecule has 1 atom stereocenters. The van der Waals surface area contributed by atoms with Crippen LogP contribution in [0.4, 0.5) is 0 Å². The Kier molecular flexibility index (Phi) is 4.02. The van der Waals surface area contributed by atoms with Gasteiger partial charge in [-0.3, -0.25) is 0 Å². The second-order valence-electron chi connectivity index (χ2n) is 5.06. The van der Waals surface area contributed by atoms with Crippen LogP contribution in [0.2, 0.25) is 5.02 Å². The molecule has 2 N–H and O–H groups in total. The van der Waals surface area contributed by atoms with Gasteiger partial charge in [-0.2, -0.15) is 0 Å². The molecule has 3 aromatic rings. The van der Waals surface area contributed by atoms with Gasteiger partial charge in [-0.15, -0.1) is 0 Å². The van der Waals surface area contributed by atoms with E-state index in [0.29, 0.717) is 11.4 Å². The first-order valence-electron chi connectivity index (χ1n) is 6.67. The molecule has 3 nitrogen and oxygen atoms in total. The summed E-state index contributed by atoms with van der Waals surface area (Å²) >= 11 is 9.52. The molecular weight excluding hydrogens is 350 g/mol. The molecule has 0 aliphatic carbocycles. The van der Waals surface area contributed by atoms with Crippen molar-refractivity contribution >= 4 is 38.6 Å². The lowest BCUT2D eigenvalue weighted by molar-refractivity contribution is 0.665. The van der Waals surface area contributed by atoms with Crippen molar-refractivity contribution in [3.63, 3.8) is 0 Å². The zero-order valence-corrected chi connectivity index (χ0v) is 13.9. The molecule has 0 fully saturated rings. The molecule has 0 aliphatic heterocycles. The molecule has 1 aromatic heterocycles. The van der Waals surface area contributed by atoms with Crippen LogP contribution in [0.3, 0.4) is 0 Å². The largest absolute Gasteiger partial charge is 0.331 e. The van der Waals surface area contributed by atoms with E-state index in [1.54, 1.807) is 0 Å². The van der Waals surface area contributed by atoms with Crippen LogP contribution in [0.15, 0.2) is 46.9 Å². The SMILES string of the molecule is Cn1c(CC(N)c2ccc(Br)c(Cl)c2)nc2ccccc21. The van der Waals surface area contributed by atoms with Crippen LogP contribution < -0.4 is 5.73 Å². The van der Waals surface area contributed by atoms with Crippen LogP contribution in [0.1, 0.15) is 17.4 Å². The quantitative estimate of drug-likeness (QED) is 0.755. The molecule has 0 bridgehead atoms. The Morgan fingerprint density at radius 2 is 2.05 bits per heavy atom. The number of nitrogens with two attached hydrogens (primary N) is 1. The zero-order valence-electron chi connectivity index (χ0n) is 11.6. The fourth-order valence-electron chi connectivity index (χ4n) is 2.44. The molecule has 3 rings (SSSR count). The number of hydrogen-bond acceptors (Lipinski definition) is 2. The Morgan fingerprint density at radius 3 is 2.76 bits per heavy atom.